The highest BCUT2D eigenvalue weighted by atomic mass is 32.1. The first-order chi connectivity index (χ1) is 11.1. The molecule has 0 aliphatic heterocycles. The van der Waals surface area contributed by atoms with Gasteiger partial charge in [-0.2, -0.15) is 4.99 Å². The molecule has 5 nitrogen and oxygen atoms in total. The van der Waals surface area contributed by atoms with Gasteiger partial charge >= 0.3 is 5.97 Å². The molecule has 0 bridgehead atoms. The minimum Gasteiger partial charge on any atom is -0.465 e. The maximum absolute atomic E-state index is 14.1. The molecule has 1 amide bonds. The lowest BCUT2D eigenvalue weighted by Crippen LogP contribution is -2.23. The quantitative estimate of drug-likeness (QED) is 0.761. The molecule has 0 aliphatic carbocycles. The van der Waals surface area contributed by atoms with E-state index in [2.05, 4.69) is 4.99 Å². The smallest absolute Gasteiger partial charge is 0.326 e. The van der Waals surface area contributed by atoms with Crippen LogP contribution in [0.2, 0.25) is 0 Å². The fourth-order valence-electron chi connectivity index (χ4n) is 2.15. The summed E-state index contributed by atoms with van der Waals surface area (Å²) in [5.74, 6) is -1.21. The summed E-state index contributed by atoms with van der Waals surface area (Å²) >= 11 is 1.19. The monoisotopic (exact) mass is 338 g/mol. The third-order valence-corrected chi connectivity index (χ3v) is 4.25. The highest BCUT2D eigenvalue weighted by molar-refractivity contribution is 7.16. The predicted molar refractivity (Wildman–Crippen MR) is 86.5 cm³/mol. The van der Waals surface area contributed by atoms with Crippen molar-refractivity contribution in [3.8, 4) is 0 Å². The molecule has 2 aromatic rings. The number of thiazole rings is 1. The van der Waals surface area contributed by atoms with E-state index >= 15 is 0 Å². The summed E-state index contributed by atoms with van der Waals surface area (Å²) < 4.78 is 21.1. The van der Waals surface area contributed by atoms with Gasteiger partial charge in [-0.25, -0.2) is 4.39 Å². The van der Waals surface area contributed by atoms with Crippen molar-refractivity contribution in [2.24, 2.45) is 4.99 Å². The Hall–Kier alpha value is -2.02. The minimum absolute atomic E-state index is 0.172. The molecule has 0 radical (unpaired) electrons. The fourth-order valence-corrected chi connectivity index (χ4v) is 3.21. The van der Waals surface area contributed by atoms with Crippen LogP contribution in [0.3, 0.4) is 0 Å². The summed E-state index contributed by atoms with van der Waals surface area (Å²) in [6.07, 6.45) is 1.98. The van der Waals surface area contributed by atoms with Gasteiger partial charge in [0.05, 0.1) is 16.8 Å². The number of hydrogen-bond acceptors (Lipinski definition) is 4. The van der Waals surface area contributed by atoms with Crippen molar-refractivity contribution in [2.45, 2.75) is 39.7 Å². The van der Waals surface area contributed by atoms with Gasteiger partial charge in [-0.05, 0) is 25.5 Å². The summed E-state index contributed by atoms with van der Waals surface area (Å²) in [5.41, 5.74) is 0.271. The van der Waals surface area contributed by atoms with Crippen molar-refractivity contribution < 1.29 is 18.7 Å². The van der Waals surface area contributed by atoms with E-state index in [0.717, 1.165) is 12.8 Å². The van der Waals surface area contributed by atoms with E-state index < -0.39 is 11.8 Å². The molecule has 0 atom stereocenters. The molecule has 0 fully saturated rings. The van der Waals surface area contributed by atoms with Gasteiger partial charge in [-0.3, -0.25) is 9.59 Å². The van der Waals surface area contributed by atoms with Crippen LogP contribution < -0.4 is 4.80 Å². The number of rotatable bonds is 6. The summed E-state index contributed by atoms with van der Waals surface area (Å²) in [6.45, 7) is 3.76. The number of para-hydroxylation sites is 1. The van der Waals surface area contributed by atoms with E-state index in [1.54, 1.807) is 19.1 Å². The van der Waals surface area contributed by atoms with Crippen LogP contribution in [0.25, 0.3) is 10.2 Å². The molecule has 0 saturated heterocycles. The van der Waals surface area contributed by atoms with Crippen LogP contribution in [0.4, 0.5) is 4.39 Å². The van der Waals surface area contributed by atoms with Crippen LogP contribution in [0.15, 0.2) is 23.2 Å². The molecular formula is C16H19FN2O3S. The standard InChI is InChI=1S/C16H19FN2O3S/c1-3-5-9-13(20)18-16-19(10-14(21)22-4-2)15-11(17)7-6-8-12(15)23-16/h6-8H,3-5,9-10H2,1-2H3. The van der Waals surface area contributed by atoms with Crippen molar-refractivity contribution in [1.82, 2.24) is 4.57 Å². The Labute approximate surface area is 137 Å². The Morgan fingerprint density at radius 3 is 2.83 bits per heavy atom. The number of fused-ring (bicyclic) bond motifs is 1. The van der Waals surface area contributed by atoms with Gasteiger partial charge in [0.2, 0.25) is 5.91 Å². The van der Waals surface area contributed by atoms with Crippen LogP contribution in [-0.2, 0) is 20.9 Å². The van der Waals surface area contributed by atoms with E-state index in [9.17, 15) is 14.0 Å². The third kappa shape index (κ3) is 4.25. The fraction of sp³-hybridized carbons (Fsp3) is 0.438. The number of carbonyl (C=O) groups is 2. The second-order valence-electron chi connectivity index (χ2n) is 4.97. The van der Waals surface area contributed by atoms with Gasteiger partial charge in [0.15, 0.2) is 4.80 Å². The van der Waals surface area contributed by atoms with Crippen LogP contribution in [0.1, 0.15) is 33.1 Å². The van der Waals surface area contributed by atoms with Gasteiger partial charge in [0, 0.05) is 6.42 Å². The van der Waals surface area contributed by atoms with Gasteiger partial charge in [0.25, 0.3) is 0 Å². The van der Waals surface area contributed by atoms with Gasteiger partial charge in [0.1, 0.15) is 12.4 Å². The molecular weight excluding hydrogens is 319 g/mol. The number of ether oxygens (including phenoxy) is 1. The topological polar surface area (TPSA) is 60.7 Å². The molecule has 0 N–H and O–H groups in total. The number of benzene rings is 1. The minimum atomic E-state index is -0.488. The maximum atomic E-state index is 14.1. The molecule has 23 heavy (non-hydrogen) atoms. The van der Waals surface area contributed by atoms with Crippen LogP contribution in [0, 0.1) is 5.82 Å². The van der Waals surface area contributed by atoms with Crippen molar-refractivity contribution in [2.75, 3.05) is 6.61 Å². The second-order valence-corrected chi connectivity index (χ2v) is 5.98. The average molecular weight is 338 g/mol. The molecule has 0 saturated carbocycles. The van der Waals surface area contributed by atoms with Crippen LogP contribution >= 0.6 is 11.3 Å². The lowest BCUT2D eigenvalue weighted by atomic mass is 10.2. The van der Waals surface area contributed by atoms with Gasteiger partial charge < -0.3 is 9.30 Å². The molecule has 1 aromatic carbocycles. The first-order valence-corrected chi connectivity index (χ1v) is 8.39. The Balaban J connectivity index is 2.50. The highest BCUT2D eigenvalue weighted by Crippen LogP contribution is 2.20. The number of carbonyl (C=O) groups excluding carboxylic acids is 2. The van der Waals surface area contributed by atoms with E-state index in [1.165, 1.54) is 22.0 Å². The van der Waals surface area contributed by atoms with Crippen LogP contribution in [-0.4, -0.2) is 23.1 Å². The van der Waals surface area contributed by atoms with Crippen molar-refractivity contribution in [3.05, 3.63) is 28.8 Å². The Kier molecular flexibility index (Phi) is 6.04. The summed E-state index contributed by atoms with van der Waals surface area (Å²) in [6, 6.07) is 4.64. The first-order valence-electron chi connectivity index (χ1n) is 7.57. The van der Waals surface area contributed by atoms with Crippen LogP contribution in [0.5, 0.6) is 0 Å². The summed E-state index contributed by atoms with van der Waals surface area (Å²) in [4.78, 5) is 28.1. The number of hydrogen-bond donors (Lipinski definition) is 0. The normalized spacial score (nSPS) is 11.9. The Morgan fingerprint density at radius 1 is 1.35 bits per heavy atom. The molecule has 2 rings (SSSR count). The third-order valence-electron chi connectivity index (χ3n) is 3.21. The summed E-state index contributed by atoms with van der Waals surface area (Å²) in [5, 5.41) is 0. The largest absolute Gasteiger partial charge is 0.465 e. The summed E-state index contributed by atoms with van der Waals surface area (Å²) in [7, 11) is 0. The second kappa shape index (κ2) is 8.01. The average Bonchev–Trinajstić information content (AvgIpc) is 2.84. The SMILES string of the molecule is CCCCC(=O)N=c1sc2cccc(F)c2n1CC(=O)OCC. The Morgan fingerprint density at radius 2 is 2.13 bits per heavy atom. The molecule has 1 aromatic heterocycles. The Bertz CT molecular complexity index is 779. The maximum Gasteiger partial charge on any atom is 0.326 e. The van der Waals surface area contributed by atoms with E-state index in [1.807, 2.05) is 6.92 Å². The number of aromatic nitrogens is 1. The van der Waals surface area contributed by atoms with E-state index in [4.69, 9.17) is 4.74 Å². The molecule has 1 heterocycles. The molecule has 0 spiro atoms. The van der Waals surface area contributed by atoms with Crippen molar-refractivity contribution >= 4 is 33.4 Å². The number of halogens is 1. The first kappa shape index (κ1) is 17.3. The zero-order valence-electron chi connectivity index (χ0n) is 13.2. The molecule has 0 aliphatic rings. The molecule has 7 heteroatoms. The highest BCUT2D eigenvalue weighted by Gasteiger charge is 2.15. The zero-order chi connectivity index (χ0) is 16.8. The van der Waals surface area contributed by atoms with Gasteiger partial charge in [-0.1, -0.05) is 30.7 Å². The lowest BCUT2D eigenvalue weighted by molar-refractivity contribution is -0.143. The lowest BCUT2D eigenvalue weighted by Gasteiger charge is -2.05. The molecule has 124 valence electrons. The number of nitrogens with zero attached hydrogens (tertiary/aromatic N) is 2. The van der Waals surface area contributed by atoms with E-state index in [-0.39, 0.29) is 24.6 Å². The van der Waals surface area contributed by atoms with Crippen molar-refractivity contribution in [3.63, 3.8) is 0 Å². The number of esters is 1. The number of unbranched alkanes of at least 4 members (excludes halogenated alkanes) is 1. The van der Waals surface area contributed by atoms with Gasteiger partial charge in [-0.15, -0.1) is 0 Å². The van der Waals surface area contributed by atoms with E-state index in [0.29, 0.717) is 15.9 Å². The molecule has 0 unspecified atom stereocenters. The number of amides is 1. The van der Waals surface area contributed by atoms with Crippen molar-refractivity contribution in [1.29, 1.82) is 0 Å². The predicted octanol–water partition coefficient (Wildman–Crippen LogP) is 3.02. The zero-order valence-corrected chi connectivity index (χ0v) is 14.0.